The highest BCUT2D eigenvalue weighted by Gasteiger charge is 2.17. The van der Waals surface area contributed by atoms with Crippen LogP contribution in [0.15, 0.2) is 0 Å². The molecule has 1 unspecified atom stereocenters. The quantitative estimate of drug-likeness (QED) is 0.625. The van der Waals surface area contributed by atoms with Gasteiger partial charge in [0.25, 0.3) is 0 Å². The molecule has 0 aromatic heterocycles. The Morgan fingerprint density at radius 3 is 2.09 bits per heavy atom. The molecule has 68 valence electrons. The molecule has 0 aliphatic carbocycles. The Labute approximate surface area is 67.7 Å². The molecule has 0 aliphatic heterocycles. The monoisotopic (exact) mass is 181 g/mol. The lowest BCUT2D eigenvalue weighted by Crippen LogP contribution is -2.39. The highest BCUT2D eigenvalue weighted by molar-refractivity contribution is 7.90. The zero-order valence-corrected chi connectivity index (χ0v) is 7.85. The molecule has 2 N–H and O–H groups in total. The molecule has 0 saturated carbocycles. The van der Waals surface area contributed by atoms with E-state index < -0.39 is 21.3 Å². The van der Waals surface area contributed by atoms with Gasteiger partial charge in [-0.2, -0.15) is 0 Å². The van der Waals surface area contributed by atoms with Gasteiger partial charge in [0.15, 0.2) is 0 Å². The smallest absolute Gasteiger partial charge is 0.214 e. The van der Waals surface area contributed by atoms with Gasteiger partial charge in [0, 0.05) is 6.04 Å². The summed E-state index contributed by atoms with van der Waals surface area (Å²) in [6.45, 7) is 4.62. The maximum Gasteiger partial charge on any atom is 0.214 e. The average Bonchev–Trinajstić information content (AvgIpc) is 1.86. The minimum atomic E-state index is -3.22. The van der Waals surface area contributed by atoms with Gasteiger partial charge >= 0.3 is 0 Å². The second kappa shape index (κ2) is 4.04. The van der Waals surface area contributed by atoms with Gasteiger partial charge in [-0.05, 0) is 20.8 Å². The standard InChI is InChI=1S/C6H15NO3S/c1-5(2)11(9,10)7-6(3)4-8/h5-8H,4H2,1-3H3. The van der Waals surface area contributed by atoms with Crippen LogP contribution in [0.5, 0.6) is 0 Å². The number of sulfonamides is 1. The largest absolute Gasteiger partial charge is 0.395 e. The fourth-order valence-electron chi connectivity index (χ4n) is 0.454. The van der Waals surface area contributed by atoms with Gasteiger partial charge < -0.3 is 5.11 Å². The van der Waals surface area contributed by atoms with Gasteiger partial charge in [0.05, 0.1) is 11.9 Å². The van der Waals surface area contributed by atoms with E-state index in [1.54, 1.807) is 20.8 Å². The minimum absolute atomic E-state index is 0.175. The predicted octanol–water partition coefficient (Wildman–Crippen LogP) is -0.305. The van der Waals surface area contributed by atoms with Gasteiger partial charge in [-0.15, -0.1) is 0 Å². The van der Waals surface area contributed by atoms with Crippen molar-refractivity contribution in [2.75, 3.05) is 6.61 Å². The van der Waals surface area contributed by atoms with Crippen molar-refractivity contribution >= 4 is 10.0 Å². The molecule has 0 aliphatic rings. The number of rotatable bonds is 4. The van der Waals surface area contributed by atoms with Gasteiger partial charge in [-0.25, -0.2) is 13.1 Å². The van der Waals surface area contributed by atoms with Crippen LogP contribution in [-0.4, -0.2) is 31.4 Å². The summed E-state index contributed by atoms with van der Waals surface area (Å²) in [4.78, 5) is 0. The van der Waals surface area contributed by atoms with E-state index in [0.717, 1.165) is 0 Å². The molecule has 1 atom stereocenters. The van der Waals surface area contributed by atoms with Crippen molar-refractivity contribution in [2.24, 2.45) is 0 Å². The van der Waals surface area contributed by atoms with Crippen molar-refractivity contribution < 1.29 is 13.5 Å². The summed E-state index contributed by atoms with van der Waals surface area (Å²) >= 11 is 0. The van der Waals surface area contributed by atoms with Crippen LogP contribution in [0.25, 0.3) is 0 Å². The number of hydrogen-bond donors (Lipinski definition) is 2. The maximum atomic E-state index is 11.1. The second-order valence-corrected chi connectivity index (χ2v) is 5.06. The lowest BCUT2D eigenvalue weighted by atomic mass is 10.4. The minimum Gasteiger partial charge on any atom is -0.395 e. The highest BCUT2D eigenvalue weighted by atomic mass is 32.2. The molecule has 4 nitrogen and oxygen atoms in total. The number of hydrogen-bond acceptors (Lipinski definition) is 3. The first kappa shape index (κ1) is 10.9. The van der Waals surface area contributed by atoms with E-state index in [-0.39, 0.29) is 6.61 Å². The van der Waals surface area contributed by atoms with E-state index >= 15 is 0 Å². The Hall–Kier alpha value is -0.130. The van der Waals surface area contributed by atoms with E-state index in [1.807, 2.05) is 0 Å². The molecule has 0 amide bonds. The van der Waals surface area contributed by atoms with Crippen LogP contribution < -0.4 is 4.72 Å². The Kier molecular flexibility index (Phi) is 3.99. The first-order valence-corrected chi connectivity index (χ1v) is 5.06. The zero-order valence-electron chi connectivity index (χ0n) is 7.03. The molecule has 0 aromatic carbocycles. The van der Waals surface area contributed by atoms with Gasteiger partial charge in [0.2, 0.25) is 10.0 Å². The number of nitrogens with one attached hydrogen (secondary N) is 1. The summed E-state index contributed by atoms with van der Waals surface area (Å²) in [5.74, 6) is 0. The number of aliphatic hydroxyl groups excluding tert-OH is 1. The van der Waals surface area contributed by atoms with Crippen molar-refractivity contribution in [2.45, 2.75) is 32.1 Å². The molecule has 0 rings (SSSR count). The van der Waals surface area contributed by atoms with Crippen molar-refractivity contribution in [3.8, 4) is 0 Å². The normalized spacial score (nSPS) is 15.4. The molecule has 0 aromatic rings. The fourth-order valence-corrected chi connectivity index (χ4v) is 1.36. The van der Waals surface area contributed by atoms with E-state index in [9.17, 15) is 8.42 Å². The SMILES string of the molecule is CC(CO)NS(=O)(=O)C(C)C. The molecule has 0 spiro atoms. The summed E-state index contributed by atoms with van der Waals surface area (Å²) < 4.78 is 24.5. The third kappa shape index (κ3) is 3.69. The Morgan fingerprint density at radius 1 is 1.36 bits per heavy atom. The molecule has 5 heteroatoms. The van der Waals surface area contributed by atoms with Crippen LogP contribution in [0, 0.1) is 0 Å². The van der Waals surface area contributed by atoms with Crippen LogP contribution >= 0.6 is 0 Å². The van der Waals surface area contributed by atoms with Gasteiger partial charge in [-0.3, -0.25) is 0 Å². The lowest BCUT2D eigenvalue weighted by molar-refractivity contribution is 0.265. The summed E-state index contributed by atoms with van der Waals surface area (Å²) in [6, 6.07) is -0.401. The fraction of sp³-hybridized carbons (Fsp3) is 1.00. The molecule has 0 saturated heterocycles. The Bertz CT molecular complexity index is 198. The second-order valence-electron chi connectivity index (χ2n) is 2.80. The molecule has 0 heterocycles. The van der Waals surface area contributed by atoms with Crippen molar-refractivity contribution in [3.63, 3.8) is 0 Å². The molecule has 0 fully saturated rings. The third-order valence-electron chi connectivity index (χ3n) is 1.26. The first-order chi connectivity index (χ1) is 4.90. The topological polar surface area (TPSA) is 66.4 Å². The summed E-state index contributed by atoms with van der Waals surface area (Å²) in [5.41, 5.74) is 0. The molecule has 0 bridgehead atoms. The summed E-state index contributed by atoms with van der Waals surface area (Å²) in [5, 5.41) is 8.11. The first-order valence-electron chi connectivity index (χ1n) is 3.52. The summed E-state index contributed by atoms with van der Waals surface area (Å²) in [7, 11) is -3.22. The summed E-state index contributed by atoms with van der Waals surface area (Å²) in [6.07, 6.45) is 0. The van der Waals surface area contributed by atoms with Crippen molar-refractivity contribution in [3.05, 3.63) is 0 Å². The van der Waals surface area contributed by atoms with E-state index in [4.69, 9.17) is 5.11 Å². The van der Waals surface area contributed by atoms with E-state index in [0.29, 0.717) is 0 Å². The van der Waals surface area contributed by atoms with Crippen LogP contribution in [0.4, 0.5) is 0 Å². The Morgan fingerprint density at radius 2 is 1.82 bits per heavy atom. The predicted molar refractivity (Wildman–Crippen MR) is 43.7 cm³/mol. The van der Waals surface area contributed by atoms with E-state index in [2.05, 4.69) is 4.72 Å². The highest BCUT2D eigenvalue weighted by Crippen LogP contribution is 1.97. The van der Waals surface area contributed by atoms with Crippen LogP contribution in [0.1, 0.15) is 20.8 Å². The van der Waals surface area contributed by atoms with Gasteiger partial charge in [-0.1, -0.05) is 0 Å². The van der Waals surface area contributed by atoms with Crippen molar-refractivity contribution in [1.29, 1.82) is 0 Å². The number of aliphatic hydroxyl groups is 1. The van der Waals surface area contributed by atoms with Crippen LogP contribution in [-0.2, 0) is 10.0 Å². The average molecular weight is 181 g/mol. The van der Waals surface area contributed by atoms with Crippen molar-refractivity contribution in [1.82, 2.24) is 4.72 Å². The maximum absolute atomic E-state index is 11.1. The molecular formula is C6H15NO3S. The van der Waals surface area contributed by atoms with Gasteiger partial charge in [0.1, 0.15) is 0 Å². The lowest BCUT2D eigenvalue weighted by Gasteiger charge is -2.13. The molecule has 11 heavy (non-hydrogen) atoms. The van der Waals surface area contributed by atoms with Crippen LogP contribution in [0.3, 0.4) is 0 Å². The zero-order chi connectivity index (χ0) is 9.07. The Balaban J connectivity index is 4.15. The molecule has 0 radical (unpaired) electrons. The van der Waals surface area contributed by atoms with E-state index in [1.165, 1.54) is 0 Å². The third-order valence-corrected chi connectivity index (χ3v) is 3.23. The van der Waals surface area contributed by atoms with Crippen LogP contribution in [0.2, 0.25) is 0 Å². The molecular weight excluding hydrogens is 166 g/mol.